The summed E-state index contributed by atoms with van der Waals surface area (Å²) >= 11 is 0. The number of hydrogen-bond donors (Lipinski definition) is 0. The Hall–Kier alpha value is -2.67. The molecule has 0 saturated heterocycles. The Bertz CT molecular complexity index is 642. The number of esters is 1. The molecule has 4 heteroatoms. The average molecular weight is 266 g/mol. The van der Waals surface area contributed by atoms with Gasteiger partial charge in [0.1, 0.15) is 0 Å². The molecule has 0 unspecified atom stereocenters. The van der Waals surface area contributed by atoms with E-state index in [9.17, 15) is 4.79 Å². The van der Waals surface area contributed by atoms with Crippen LogP contribution in [0, 0.1) is 11.3 Å². The molecule has 1 heterocycles. The number of carbonyl (C=O) groups is 1. The lowest BCUT2D eigenvalue weighted by Gasteiger charge is -2.07. The fourth-order valence-electron chi connectivity index (χ4n) is 1.96. The van der Waals surface area contributed by atoms with Crippen LogP contribution in [-0.2, 0) is 17.6 Å². The molecule has 0 aliphatic rings. The summed E-state index contributed by atoms with van der Waals surface area (Å²) in [5, 5.41) is 8.75. The van der Waals surface area contributed by atoms with Gasteiger partial charge in [-0.3, -0.25) is 4.98 Å². The Kier molecular flexibility index (Phi) is 4.46. The van der Waals surface area contributed by atoms with Crippen LogP contribution in [0.5, 0.6) is 0 Å². The Morgan fingerprint density at radius 1 is 1.25 bits per heavy atom. The Morgan fingerprint density at radius 2 is 2.00 bits per heavy atom. The highest BCUT2D eigenvalue weighted by Crippen LogP contribution is 2.13. The van der Waals surface area contributed by atoms with Crippen molar-refractivity contribution in [2.75, 3.05) is 7.11 Å². The van der Waals surface area contributed by atoms with Gasteiger partial charge < -0.3 is 4.74 Å². The van der Waals surface area contributed by atoms with Crippen LogP contribution in [-0.4, -0.2) is 18.1 Å². The van der Waals surface area contributed by atoms with Gasteiger partial charge in [0, 0.05) is 12.4 Å². The first-order valence-electron chi connectivity index (χ1n) is 6.25. The zero-order valence-corrected chi connectivity index (χ0v) is 11.2. The van der Waals surface area contributed by atoms with E-state index < -0.39 is 0 Å². The van der Waals surface area contributed by atoms with Crippen LogP contribution >= 0.6 is 0 Å². The number of aromatic nitrogens is 1. The van der Waals surface area contributed by atoms with Crippen LogP contribution in [0.4, 0.5) is 0 Å². The van der Waals surface area contributed by atoms with Crippen LogP contribution in [0.25, 0.3) is 0 Å². The molecule has 0 atom stereocenters. The van der Waals surface area contributed by atoms with E-state index in [0.29, 0.717) is 17.5 Å². The quantitative estimate of drug-likeness (QED) is 0.798. The molecule has 0 fully saturated rings. The maximum absolute atomic E-state index is 11.6. The predicted molar refractivity (Wildman–Crippen MR) is 74.1 cm³/mol. The molecule has 20 heavy (non-hydrogen) atoms. The summed E-state index contributed by atoms with van der Waals surface area (Å²) < 4.78 is 4.76. The standard InChI is InChI=1S/C16H14N2O2/c1-20-16(19)15-8-9-18-11-14(15)7-6-12-2-4-13(10-17)5-3-12/h2-5,8-9,11H,6-7H2,1H3. The van der Waals surface area contributed by atoms with E-state index in [0.717, 1.165) is 17.5 Å². The summed E-state index contributed by atoms with van der Waals surface area (Å²) in [5.74, 6) is -0.345. The first-order valence-corrected chi connectivity index (χ1v) is 6.25. The second-order valence-electron chi connectivity index (χ2n) is 4.33. The fourth-order valence-corrected chi connectivity index (χ4v) is 1.96. The van der Waals surface area contributed by atoms with Crippen molar-refractivity contribution in [2.24, 2.45) is 0 Å². The molecule has 0 amide bonds. The highest BCUT2D eigenvalue weighted by molar-refractivity contribution is 5.90. The molecular formula is C16H14N2O2. The van der Waals surface area contributed by atoms with Gasteiger partial charge in [-0.2, -0.15) is 5.26 Å². The van der Waals surface area contributed by atoms with Crippen molar-refractivity contribution < 1.29 is 9.53 Å². The van der Waals surface area contributed by atoms with Crippen LogP contribution in [0.1, 0.15) is 27.0 Å². The lowest BCUT2D eigenvalue weighted by Crippen LogP contribution is -2.07. The molecule has 0 aliphatic heterocycles. The van der Waals surface area contributed by atoms with Gasteiger partial charge in [-0.15, -0.1) is 0 Å². The van der Waals surface area contributed by atoms with Crippen LogP contribution < -0.4 is 0 Å². The van der Waals surface area contributed by atoms with Gasteiger partial charge in [-0.1, -0.05) is 12.1 Å². The molecule has 0 N–H and O–H groups in total. The maximum atomic E-state index is 11.6. The maximum Gasteiger partial charge on any atom is 0.338 e. The first-order chi connectivity index (χ1) is 9.74. The minimum atomic E-state index is -0.345. The molecule has 4 nitrogen and oxygen atoms in total. The van der Waals surface area contributed by atoms with E-state index in [2.05, 4.69) is 11.1 Å². The fraction of sp³-hybridized carbons (Fsp3) is 0.188. The van der Waals surface area contributed by atoms with Crippen molar-refractivity contribution in [1.29, 1.82) is 5.26 Å². The molecule has 0 saturated carbocycles. The van der Waals surface area contributed by atoms with E-state index in [1.54, 1.807) is 30.6 Å². The van der Waals surface area contributed by atoms with Crippen molar-refractivity contribution in [3.05, 3.63) is 65.0 Å². The number of nitrogens with zero attached hydrogens (tertiary/aromatic N) is 2. The summed E-state index contributed by atoms with van der Waals surface area (Å²) in [4.78, 5) is 15.7. The zero-order chi connectivity index (χ0) is 14.4. The predicted octanol–water partition coefficient (Wildman–Crippen LogP) is 2.53. The molecule has 2 aromatic rings. The number of hydrogen-bond acceptors (Lipinski definition) is 4. The van der Waals surface area contributed by atoms with Gasteiger partial charge in [0.05, 0.1) is 24.3 Å². The molecule has 0 aliphatic carbocycles. The van der Waals surface area contributed by atoms with Gasteiger partial charge >= 0.3 is 5.97 Å². The number of ether oxygens (including phenoxy) is 1. The highest BCUT2D eigenvalue weighted by Gasteiger charge is 2.11. The minimum Gasteiger partial charge on any atom is -0.465 e. The summed E-state index contributed by atoms with van der Waals surface area (Å²) in [5.41, 5.74) is 3.17. The monoisotopic (exact) mass is 266 g/mol. The number of nitriles is 1. The molecule has 100 valence electrons. The van der Waals surface area contributed by atoms with E-state index in [1.807, 2.05) is 12.1 Å². The van der Waals surface area contributed by atoms with Crippen molar-refractivity contribution in [1.82, 2.24) is 4.98 Å². The summed E-state index contributed by atoms with van der Waals surface area (Å²) in [7, 11) is 1.37. The smallest absolute Gasteiger partial charge is 0.338 e. The van der Waals surface area contributed by atoms with Crippen molar-refractivity contribution in [3.8, 4) is 6.07 Å². The van der Waals surface area contributed by atoms with Crippen molar-refractivity contribution in [3.63, 3.8) is 0 Å². The third-order valence-electron chi connectivity index (χ3n) is 3.07. The van der Waals surface area contributed by atoms with Crippen LogP contribution in [0.15, 0.2) is 42.7 Å². The number of benzene rings is 1. The van der Waals surface area contributed by atoms with Crippen molar-refractivity contribution in [2.45, 2.75) is 12.8 Å². The Labute approximate surface area is 117 Å². The molecule has 1 aromatic heterocycles. The molecule has 0 bridgehead atoms. The van der Waals surface area contributed by atoms with Crippen LogP contribution in [0.3, 0.4) is 0 Å². The molecular weight excluding hydrogens is 252 g/mol. The third kappa shape index (κ3) is 3.21. The normalized spacial score (nSPS) is 9.80. The second-order valence-corrected chi connectivity index (χ2v) is 4.33. The Morgan fingerprint density at radius 3 is 2.65 bits per heavy atom. The van der Waals surface area contributed by atoms with E-state index in [1.165, 1.54) is 7.11 Å². The Balaban J connectivity index is 2.10. The summed E-state index contributed by atoms with van der Waals surface area (Å²) in [6, 6.07) is 11.2. The summed E-state index contributed by atoms with van der Waals surface area (Å²) in [6.07, 6.45) is 4.75. The van der Waals surface area contributed by atoms with Crippen LogP contribution in [0.2, 0.25) is 0 Å². The van der Waals surface area contributed by atoms with E-state index in [4.69, 9.17) is 10.00 Å². The SMILES string of the molecule is COC(=O)c1ccncc1CCc1ccc(C#N)cc1. The number of pyridine rings is 1. The molecule has 2 rings (SSSR count). The van der Waals surface area contributed by atoms with Gasteiger partial charge in [-0.25, -0.2) is 4.79 Å². The highest BCUT2D eigenvalue weighted by atomic mass is 16.5. The van der Waals surface area contributed by atoms with E-state index in [-0.39, 0.29) is 5.97 Å². The average Bonchev–Trinajstić information content (AvgIpc) is 2.53. The number of aryl methyl sites for hydroxylation is 2. The number of rotatable bonds is 4. The topological polar surface area (TPSA) is 63.0 Å². The lowest BCUT2D eigenvalue weighted by molar-refractivity contribution is 0.0599. The second kappa shape index (κ2) is 6.48. The molecule has 1 aromatic carbocycles. The molecule has 0 spiro atoms. The van der Waals surface area contributed by atoms with Gasteiger partial charge in [0.25, 0.3) is 0 Å². The van der Waals surface area contributed by atoms with Gasteiger partial charge in [0.15, 0.2) is 0 Å². The minimum absolute atomic E-state index is 0.345. The lowest BCUT2D eigenvalue weighted by atomic mass is 10.0. The number of carbonyl (C=O) groups excluding carboxylic acids is 1. The molecule has 0 radical (unpaired) electrons. The van der Waals surface area contributed by atoms with Crippen molar-refractivity contribution >= 4 is 5.97 Å². The first kappa shape index (κ1) is 13.8. The number of methoxy groups -OCH3 is 1. The summed E-state index contributed by atoms with van der Waals surface area (Å²) in [6.45, 7) is 0. The zero-order valence-electron chi connectivity index (χ0n) is 11.2. The third-order valence-corrected chi connectivity index (χ3v) is 3.07. The van der Waals surface area contributed by atoms with E-state index >= 15 is 0 Å². The van der Waals surface area contributed by atoms with Gasteiger partial charge in [-0.05, 0) is 42.2 Å². The van der Waals surface area contributed by atoms with Gasteiger partial charge in [0.2, 0.25) is 0 Å². The largest absolute Gasteiger partial charge is 0.465 e.